The number of carbonyl (C=O) groups excluding carboxylic acids is 1. The lowest BCUT2D eigenvalue weighted by Crippen LogP contribution is -2.51. The smallest absolute Gasteiger partial charge is 0.354 e. The van der Waals surface area contributed by atoms with Crippen LogP contribution in [-0.2, 0) is 11.0 Å². The molecule has 5 nitrogen and oxygen atoms in total. The molecule has 1 aromatic heterocycles. The number of anilines is 1. The van der Waals surface area contributed by atoms with E-state index >= 15 is 0 Å². The number of nitrogens with zero attached hydrogens (tertiary/aromatic N) is 3. The van der Waals surface area contributed by atoms with E-state index in [4.69, 9.17) is 0 Å². The quantitative estimate of drug-likeness (QED) is 0.867. The third kappa shape index (κ3) is 5.57. The van der Waals surface area contributed by atoms with Crippen molar-refractivity contribution in [3.05, 3.63) is 23.9 Å². The number of halogens is 3. The van der Waals surface area contributed by atoms with Crippen molar-refractivity contribution in [1.29, 1.82) is 0 Å². The summed E-state index contributed by atoms with van der Waals surface area (Å²) in [6.45, 7) is 4.94. The number of hydrogen-bond acceptors (Lipinski definition) is 4. The molecule has 150 valence electrons. The molecule has 1 aliphatic carbocycles. The number of hydrogen-bond donors (Lipinski definition) is 1. The molecule has 1 saturated carbocycles. The highest BCUT2D eigenvalue weighted by molar-refractivity contribution is 5.78. The number of rotatable bonds is 4. The Balaban J connectivity index is 1.47. The third-order valence-corrected chi connectivity index (χ3v) is 5.39. The Morgan fingerprint density at radius 2 is 1.96 bits per heavy atom. The van der Waals surface area contributed by atoms with Crippen LogP contribution in [0.2, 0.25) is 0 Å². The molecule has 2 atom stereocenters. The zero-order valence-corrected chi connectivity index (χ0v) is 15.6. The second-order valence-corrected chi connectivity index (χ2v) is 7.68. The second kappa shape index (κ2) is 8.46. The Hall–Kier alpha value is -1.83. The predicted octanol–water partition coefficient (Wildman–Crippen LogP) is 2.92. The standard InChI is InChI=1S/C19H27F3N4O/c1-14-4-2-5-15(12-14)23-18(27)13-25-8-10-26(11-9-25)17-7-3-6-16(24-17)19(20,21)22/h3,6-7,14-15H,2,4-5,8-13H2,1H3,(H,23,27). The van der Waals surface area contributed by atoms with E-state index in [0.29, 0.717) is 44.5 Å². The minimum absolute atomic E-state index is 0.0414. The normalized spacial score (nSPS) is 24.7. The van der Waals surface area contributed by atoms with E-state index in [1.54, 1.807) is 6.07 Å². The van der Waals surface area contributed by atoms with Gasteiger partial charge in [0.1, 0.15) is 11.5 Å². The summed E-state index contributed by atoms with van der Waals surface area (Å²) in [7, 11) is 0. The molecular formula is C19H27F3N4O. The predicted molar refractivity (Wildman–Crippen MR) is 97.5 cm³/mol. The summed E-state index contributed by atoms with van der Waals surface area (Å²) in [4.78, 5) is 19.9. The summed E-state index contributed by atoms with van der Waals surface area (Å²) >= 11 is 0. The molecule has 0 radical (unpaired) electrons. The SMILES string of the molecule is CC1CCCC(NC(=O)CN2CCN(c3cccc(C(F)(F)F)n3)CC2)C1. The van der Waals surface area contributed by atoms with Crippen LogP contribution in [0.4, 0.5) is 19.0 Å². The minimum atomic E-state index is -4.44. The molecule has 8 heteroatoms. The van der Waals surface area contributed by atoms with Crippen LogP contribution >= 0.6 is 0 Å². The number of alkyl halides is 3. The highest BCUT2D eigenvalue weighted by Gasteiger charge is 2.33. The van der Waals surface area contributed by atoms with Gasteiger partial charge in [0, 0.05) is 32.2 Å². The Bertz CT molecular complexity index is 644. The van der Waals surface area contributed by atoms with Gasteiger partial charge in [-0.25, -0.2) is 4.98 Å². The van der Waals surface area contributed by atoms with Crippen LogP contribution in [0, 0.1) is 5.92 Å². The Morgan fingerprint density at radius 1 is 1.22 bits per heavy atom. The number of aromatic nitrogens is 1. The van der Waals surface area contributed by atoms with Gasteiger partial charge in [-0.05, 0) is 30.9 Å². The van der Waals surface area contributed by atoms with Gasteiger partial charge in [-0.2, -0.15) is 13.2 Å². The van der Waals surface area contributed by atoms with Crippen molar-refractivity contribution in [2.45, 2.75) is 44.8 Å². The zero-order valence-electron chi connectivity index (χ0n) is 15.6. The van der Waals surface area contributed by atoms with Crippen LogP contribution in [-0.4, -0.2) is 54.6 Å². The average Bonchev–Trinajstić information content (AvgIpc) is 2.62. The molecule has 2 unspecified atom stereocenters. The number of amides is 1. The van der Waals surface area contributed by atoms with Crippen LogP contribution in [0.25, 0.3) is 0 Å². The molecule has 1 aromatic rings. The van der Waals surface area contributed by atoms with Crippen molar-refractivity contribution < 1.29 is 18.0 Å². The molecule has 1 amide bonds. The second-order valence-electron chi connectivity index (χ2n) is 7.68. The number of piperazine rings is 1. The lowest BCUT2D eigenvalue weighted by Gasteiger charge is -2.35. The van der Waals surface area contributed by atoms with Crippen LogP contribution in [0.3, 0.4) is 0 Å². The first-order chi connectivity index (χ1) is 12.8. The van der Waals surface area contributed by atoms with Gasteiger partial charge in [-0.3, -0.25) is 9.69 Å². The summed E-state index contributed by atoms with van der Waals surface area (Å²) in [6.07, 6.45) is 0.0467. The Labute approximate surface area is 157 Å². The molecule has 1 saturated heterocycles. The maximum atomic E-state index is 12.8. The average molecular weight is 384 g/mol. The van der Waals surface area contributed by atoms with Crippen LogP contribution in [0.5, 0.6) is 0 Å². The van der Waals surface area contributed by atoms with Crippen molar-refractivity contribution in [2.75, 3.05) is 37.6 Å². The first-order valence-corrected chi connectivity index (χ1v) is 9.62. The molecule has 0 bridgehead atoms. The van der Waals surface area contributed by atoms with Gasteiger partial charge in [-0.1, -0.05) is 25.8 Å². The molecule has 2 aliphatic rings. The zero-order chi connectivity index (χ0) is 19.4. The van der Waals surface area contributed by atoms with Gasteiger partial charge < -0.3 is 10.2 Å². The summed E-state index contributed by atoms with van der Waals surface area (Å²) in [5, 5.41) is 3.13. The van der Waals surface area contributed by atoms with Gasteiger partial charge in [0.15, 0.2) is 0 Å². The number of carbonyl (C=O) groups is 1. The van der Waals surface area contributed by atoms with Crippen molar-refractivity contribution in [3.63, 3.8) is 0 Å². The summed E-state index contributed by atoms with van der Waals surface area (Å²) in [5.74, 6) is 1.04. The molecule has 2 heterocycles. The van der Waals surface area contributed by atoms with Crippen molar-refractivity contribution in [1.82, 2.24) is 15.2 Å². The lowest BCUT2D eigenvalue weighted by molar-refractivity contribution is -0.141. The van der Waals surface area contributed by atoms with E-state index in [1.165, 1.54) is 12.5 Å². The largest absolute Gasteiger partial charge is 0.433 e. The maximum Gasteiger partial charge on any atom is 0.433 e. The minimum Gasteiger partial charge on any atom is -0.354 e. The molecule has 3 rings (SSSR count). The van der Waals surface area contributed by atoms with Gasteiger partial charge in [0.05, 0.1) is 6.54 Å². The number of nitrogens with one attached hydrogen (secondary N) is 1. The van der Waals surface area contributed by atoms with Crippen molar-refractivity contribution in [2.24, 2.45) is 5.92 Å². The van der Waals surface area contributed by atoms with E-state index in [1.807, 2.05) is 9.80 Å². The molecule has 0 aromatic carbocycles. The van der Waals surface area contributed by atoms with Gasteiger partial charge in [-0.15, -0.1) is 0 Å². The Morgan fingerprint density at radius 3 is 2.63 bits per heavy atom. The molecule has 1 aliphatic heterocycles. The fourth-order valence-electron chi connectivity index (χ4n) is 3.93. The topological polar surface area (TPSA) is 48.5 Å². The molecule has 1 N–H and O–H groups in total. The molecule has 27 heavy (non-hydrogen) atoms. The molecule has 0 spiro atoms. The fourth-order valence-corrected chi connectivity index (χ4v) is 3.93. The van der Waals surface area contributed by atoms with Crippen LogP contribution in [0.1, 0.15) is 38.3 Å². The number of pyridine rings is 1. The summed E-state index contributed by atoms with van der Waals surface area (Å²) in [6, 6.07) is 4.24. The van der Waals surface area contributed by atoms with E-state index < -0.39 is 11.9 Å². The van der Waals surface area contributed by atoms with Gasteiger partial charge in [0.25, 0.3) is 0 Å². The van der Waals surface area contributed by atoms with Crippen molar-refractivity contribution in [3.8, 4) is 0 Å². The van der Waals surface area contributed by atoms with Crippen LogP contribution < -0.4 is 10.2 Å². The van der Waals surface area contributed by atoms with Crippen LogP contribution in [0.15, 0.2) is 18.2 Å². The van der Waals surface area contributed by atoms with Crippen molar-refractivity contribution >= 4 is 11.7 Å². The monoisotopic (exact) mass is 384 g/mol. The highest BCUT2D eigenvalue weighted by Crippen LogP contribution is 2.29. The Kier molecular flexibility index (Phi) is 6.24. The van der Waals surface area contributed by atoms with Gasteiger partial charge >= 0.3 is 6.18 Å². The van der Waals surface area contributed by atoms with E-state index in [-0.39, 0.29) is 11.9 Å². The van der Waals surface area contributed by atoms with E-state index in [2.05, 4.69) is 17.2 Å². The highest BCUT2D eigenvalue weighted by atomic mass is 19.4. The first kappa shape index (κ1) is 19.9. The van der Waals surface area contributed by atoms with Gasteiger partial charge in [0.2, 0.25) is 5.91 Å². The molecular weight excluding hydrogens is 357 g/mol. The summed E-state index contributed by atoms with van der Waals surface area (Å²) < 4.78 is 38.5. The lowest BCUT2D eigenvalue weighted by atomic mass is 9.87. The first-order valence-electron chi connectivity index (χ1n) is 9.62. The summed E-state index contributed by atoms with van der Waals surface area (Å²) in [5.41, 5.74) is -0.872. The fraction of sp³-hybridized carbons (Fsp3) is 0.684. The van der Waals surface area contributed by atoms with E-state index in [9.17, 15) is 18.0 Å². The molecule has 2 fully saturated rings. The van der Waals surface area contributed by atoms with E-state index in [0.717, 1.165) is 25.3 Å². The third-order valence-electron chi connectivity index (χ3n) is 5.39. The maximum absolute atomic E-state index is 12.8.